The zero-order valence-corrected chi connectivity index (χ0v) is 77.5. The van der Waals surface area contributed by atoms with Crippen molar-refractivity contribution in [1.82, 2.24) is 52.7 Å². The Kier molecular flexibility index (Phi) is 19.0. The van der Waals surface area contributed by atoms with Gasteiger partial charge in [-0.25, -0.2) is 29.9 Å². The van der Waals surface area contributed by atoms with E-state index in [2.05, 4.69) is 484 Å². The monoisotopic (exact) mass is 1840 g/mol. The van der Waals surface area contributed by atoms with Gasteiger partial charge in [-0.2, -0.15) is 0 Å². The number of aromatic nitrogens is 11. The maximum absolute atomic E-state index is 5.43. The molecule has 0 atom stereocenters. The summed E-state index contributed by atoms with van der Waals surface area (Å²) < 4.78 is 18.7. The maximum atomic E-state index is 5.43. The Labute approximate surface area is 813 Å². The first-order valence-corrected chi connectivity index (χ1v) is 49.5. The van der Waals surface area contributed by atoms with Crippen LogP contribution in [0.15, 0.2) is 467 Å². The fourth-order valence-corrected chi connectivity index (χ4v) is 24.6. The van der Waals surface area contributed by atoms with Crippen LogP contribution in [0.25, 0.3) is 266 Å². The highest BCUT2D eigenvalue weighted by atomic mass is 32.1. The summed E-state index contributed by atoms with van der Waals surface area (Å²) in [5.74, 6) is 3.09. The number of hydrogen-bond acceptors (Lipinski definition) is 9. The average molecular weight is 1840 g/mol. The molecule has 0 aliphatic rings. The lowest BCUT2D eigenvalue weighted by Crippen LogP contribution is -2.01. The van der Waals surface area contributed by atoms with Gasteiger partial charge in [0.1, 0.15) is 0 Å². The van der Waals surface area contributed by atoms with E-state index in [1.54, 1.807) is 34.0 Å². The molecule has 140 heavy (non-hydrogen) atoms. The van der Waals surface area contributed by atoms with Crippen LogP contribution in [-0.2, 0) is 0 Å². The third kappa shape index (κ3) is 13.2. The van der Waals surface area contributed by atoms with Gasteiger partial charge in [0.05, 0.1) is 97.2 Å². The molecule has 0 spiro atoms. The van der Waals surface area contributed by atoms with Crippen molar-refractivity contribution >= 4 is 204 Å². The van der Waals surface area contributed by atoms with Crippen LogP contribution in [-0.4, -0.2) is 52.7 Å². The number of fused-ring (bicyclic) bond motifs is 24. The second-order valence-corrected chi connectivity index (χ2v) is 38.6. The molecule has 30 aromatic rings. The summed E-state index contributed by atoms with van der Waals surface area (Å²) in [6.07, 6.45) is 0. The summed E-state index contributed by atoms with van der Waals surface area (Å²) >= 11 is 5.29. The molecule has 11 heterocycles. The molecule has 0 aliphatic carbocycles. The molecule has 654 valence electrons. The van der Waals surface area contributed by atoms with Gasteiger partial charge in [-0.05, 0) is 151 Å². The van der Waals surface area contributed by atoms with E-state index in [1.807, 2.05) is 6.07 Å². The summed E-state index contributed by atoms with van der Waals surface area (Å²) in [7, 11) is 0. The molecule has 0 unspecified atom stereocenters. The minimum Gasteiger partial charge on any atom is -0.309 e. The van der Waals surface area contributed by atoms with E-state index in [1.165, 1.54) is 112 Å². The van der Waals surface area contributed by atoms with Crippen LogP contribution in [0, 0.1) is 0 Å². The predicted octanol–water partition coefficient (Wildman–Crippen LogP) is 34.0. The van der Waals surface area contributed by atoms with Gasteiger partial charge in [0, 0.05) is 135 Å². The van der Waals surface area contributed by atoms with E-state index in [4.69, 9.17) is 29.9 Å². The molecular weight excluding hydrogens is 1760 g/mol. The molecule has 14 heteroatoms. The van der Waals surface area contributed by atoms with E-state index >= 15 is 0 Å². The van der Waals surface area contributed by atoms with E-state index in [0.29, 0.717) is 0 Å². The fraction of sp³-hybridized carbons (Fsp3) is 0. The standard InChI is InChI=1S/C46H28N4S.C40H24N4S.C40H25N3S/c1-2-12-31(13-3-1)50-40-20-10-6-16-35(40)36-27-24-30(28-41(36)50)46-47-43(45-44(48-46)37-17-7-11-21-42(37)51-45)29-22-25-32(26-23-29)49-38-18-8-4-14-33(38)34-15-5-9-19-39(34)49;1-2-12-26(13-3-1)43-32-18-8-4-16-29(32)30-23-22-25(24-35(30)43)39-41-37-31-17-7-11-21-36(31)45-38(37)40(42-39)44-33-19-9-5-14-27(33)28-15-6-10-20-34(28)44;1-3-12-26(13-4-1)28-16-11-17-30(24-28)43-34-20-9-7-18-31(34)33-25-29(22-23-35(33)43)40-41-37(27-14-5-2-6-15-27)39-38(42-40)32-19-8-10-21-36(32)44-39/h1-28H;1-24H;1-25H. The lowest BCUT2D eigenvalue weighted by Gasteiger charge is -2.11. The number of thiophene rings is 3. The first kappa shape index (κ1) is 80.5. The van der Waals surface area contributed by atoms with Gasteiger partial charge >= 0.3 is 0 Å². The molecular formula is C126H77N11S3. The van der Waals surface area contributed by atoms with Crippen molar-refractivity contribution < 1.29 is 0 Å². The smallest absolute Gasteiger partial charge is 0.162 e. The highest BCUT2D eigenvalue weighted by Gasteiger charge is 2.27. The molecule has 0 N–H and O–H groups in total. The number of rotatable bonds is 11. The van der Waals surface area contributed by atoms with Crippen LogP contribution < -0.4 is 0 Å². The van der Waals surface area contributed by atoms with Gasteiger partial charge in [-0.1, -0.05) is 328 Å². The largest absolute Gasteiger partial charge is 0.309 e. The Morgan fingerprint density at radius 3 is 0.864 bits per heavy atom. The summed E-state index contributed by atoms with van der Waals surface area (Å²) in [6.45, 7) is 0. The van der Waals surface area contributed by atoms with E-state index in [-0.39, 0.29) is 0 Å². The van der Waals surface area contributed by atoms with Gasteiger partial charge in [0.25, 0.3) is 0 Å². The summed E-state index contributed by atoms with van der Waals surface area (Å²) in [5.41, 5.74) is 28.6. The van der Waals surface area contributed by atoms with Crippen molar-refractivity contribution in [2.24, 2.45) is 0 Å². The lowest BCUT2D eigenvalue weighted by molar-refractivity contribution is 1.08. The lowest BCUT2D eigenvalue weighted by atomic mass is 10.1. The van der Waals surface area contributed by atoms with Gasteiger partial charge in [-0.3, -0.25) is 4.57 Å². The molecule has 0 saturated carbocycles. The number of hydrogen-bond donors (Lipinski definition) is 0. The third-order valence-electron chi connectivity index (χ3n) is 27.5. The van der Waals surface area contributed by atoms with E-state index in [0.717, 1.165) is 154 Å². The normalized spacial score (nSPS) is 11.9. The van der Waals surface area contributed by atoms with Gasteiger partial charge < -0.3 is 18.3 Å². The van der Waals surface area contributed by atoms with Crippen LogP contribution in [0.2, 0.25) is 0 Å². The molecule has 0 radical (unpaired) electrons. The fourth-order valence-electron chi connectivity index (χ4n) is 21.2. The highest BCUT2D eigenvalue weighted by Crippen LogP contribution is 2.48. The SMILES string of the molecule is c1ccc(-c2cccc(-n3c4ccccc4c4cc(-c5nc(-c6ccccc6)c6sc7ccccc7c6n5)ccc43)c2)cc1.c1ccc(-n2c3ccccc3c3ccc(-c4nc(-c5ccc(-n6c7ccccc7c7ccccc76)cc5)c5sc6ccccc6c5n4)cc32)cc1.c1ccc(-n2c3ccccc3c3ccc(-c4nc(-n5c6ccccc6c6ccccc65)c5sc6ccccc6c5n4)cc32)cc1. The average Bonchev–Trinajstić information content (AvgIpc) is 1.57. The number of nitrogens with zero attached hydrogens (tertiary/aromatic N) is 11. The quantitative estimate of drug-likeness (QED) is 0.128. The van der Waals surface area contributed by atoms with Crippen molar-refractivity contribution in [3.05, 3.63) is 467 Å². The molecule has 0 aliphatic heterocycles. The predicted molar refractivity (Wildman–Crippen MR) is 589 cm³/mol. The molecule has 0 fully saturated rings. The maximum Gasteiger partial charge on any atom is 0.162 e. The Morgan fingerprint density at radius 2 is 0.429 bits per heavy atom. The van der Waals surface area contributed by atoms with Gasteiger partial charge in [0.2, 0.25) is 0 Å². The Bertz CT molecular complexity index is 10100. The topological polar surface area (TPSA) is 102 Å². The Balaban J connectivity index is 0.000000103. The van der Waals surface area contributed by atoms with Crippen LogP contribution >= 0.6 is 34.0 Å². The molecule has 19 aromatic carbocycles. The zero-order valence-electron chi connectivity index (χ0n) is 75.1. The molecule has 0 bridgehead atoms. The first-order valence-electron chi connectivity index (χ1n) is 47.0. The van der Waals surface area contributed by atoms with Crippen LogP contribution in [0.5, 0.6) is 0 Å². The van der Waals surface area contributed by atoms with Crippen LogP contribution in [0.4, 0.5) is 0 Å². The Hall–Kier alpha value is -17.9. The molecule has 0 saturated heterocycles. The second kappa shape index (κ2) is 33.0. The van der Waals surface area contributed by atoms with Gasteiger partial charge in [-0.15, -0.1) is 34.0 Å². The van der Waals surface area contributed by atoms with Crippen molar-refractivity contribution in [3.63, 3.8) is 0 Å². The number of para-hydroxylation sites is 9. The summed E-state index contributed by atoms with van der Waals surface area (Å²) in [5, 5.41) is 15.7. The number of benzene rings is 19. The minimum absolute atomic E-state index is 0.717. The van der Waals surface area contributed by atoms with Crippen molar-refractivity contribution in [2.45, 2.75) is 0 Å². The highest BCUT2D eigenvalue weighted by molar-refractivity contribution is 7.27. The van der Waals surface area contributed by atoms with Crippen molar-refractivity contribution in [1.29, 1.82) is 0 Å². The van der Waals surface area contributed by atoms with Gasteiger partial charge in [0.15, 0.2) is 23.3 Å². The molecule has 30 rings (SSSR count). The zero-order chi connectivity index (χ0) is 92.0. The molecule has 11 aromatic heterocycles. The summed E-state index contributed by atoms with van der Waals surface area (Å²) in [4.78, 5) is 31.8. The molecule has 11 nitrogen and oxygen atoms in total. The second-order valence-electron chi connectivity index (χ2n) is 35.5. The molecule has 0 amide bonds. The van der Waals surface area contributed by atoms with E-state index < -0.39 is 0 Å². The Morgan fingerprint density at radius 1 is 0.150 bits per heavy atom. The third-order valence-corrected chi connectivity index (χ3v) is 31.0. The first-order chi connectivity index (χ1) is 69.4. The van der Waals surface area contributed by atoms with E-state index in [9.17, 15) is 0 Å². The van der Waals surface area contributed by atoms with Crippen LogP contribution in [0.3, 0.4) is 0 Å². The summed E-state index contributed by atoms with van der Waals surface area (Å²) in [6, 6.07) is 166. The van der Waals surface area contributed by atoms with Crippen molar-refractivity contribution in [2.75, 3.05) is 0 Å². The van der Waals surface area contributed by atoms with Crippen molar-refractivity contribution in [3.8, 4) is 96.4 Å². The van der Waals surface area contributed by atoms with Crippen LogP contribution in [0.1, 0.15) is 0 Å². The minimum atomic E-state index is 0.717.